The van der Waals surface area contributed by atoms with Crippen LogP contribution >= 0.6 is 0 Å². The number of rotatable bonds is 4. The number of fused-ring (bicyclic) bond motifs is 1. The fourth-order valence-electron chi connectivity index (χ4n) is 3.03. The number of carbonyl (C=O) groups excluding carboxylic acids is 1. The molecule has 1 atom stereocenters. The third-order valence-electron chi connectivity index (χ3n) is 4.51. The Morgan fingerprint density at radius 3 is 2.46 bits per heavy atom. The molecule has 0 aliphatic carbocycles. The number of hydrogen-bond acceptors (Lipinski definition) is 4. The van der Waals surface area contributed by atoms with Gasteiger partial charge in [0.05, 0.1) is 17.4 Å². The molecule has 1 amide bonds. The van der Waals surface area contributed by atoms with E-state index < -0.39 is 16.1 Å². The average molecular weight is 369 g/mol. The molecule has 0 radical (unpaired) electrons. The van der Waals surface area contributed by atoms with Gasteiger partial charge in [-0.3, -0.25) is 4.79 Å². The minimum Gasteiger partial charge on any atom is -0.325 e. The molecule has 0 saturated heterocycles. The fourth-order valence-corrected chi connectivity index (χ4v) is 4.26. The topological polar surface area (TPSA) is 90.3 Å². The van der Waals surface area contributed by atoms with E-state index in [2.05, 4.69) is 5.32 Å². The van der Waals surface area contributed by atoms with Crippen LogP contribution in [0, 0.1) is 11.3 Å². The zero-order valence-electron chi connectivity index (χ0n) is 14.3. The lowest BCUT2D eigenvalue weighted by Crippen LogP contribution is -2.51. The minimum absolute atomic E-state index is 0.0597. The van der Waals surface area contributed by atoms with E-state index in [0.29, 0.717) is 17.7 Å². The maximum Gasteiger partial charge on any atom is 0.243 e. The molecule has 2 aromatic carbocycles. The van der Waals surface area contributed by atoms with Crippen molar-refractivity contribution in [3.05, 3.63) is 65.2 Å². The average Bonchev–Trinajstić information content (AvgIpc) is 2.67. The van der Waals surface area contributed by atoms with Crippen LogP contribution in [-0.4, -0.2) is 30.4 Å². The molecule has 134 valence electrons. The van der Waals surface area contributed by atoms with Gasteiger partial charge in [0.15, 0.2) is 0 Å². The van der Waals surface area contributed by atoms with Gasteiger partial charge in [0.1, 0.15) is 6.04 Å². The van der Waals surface area contributed by atoms with Crippen LogP contribution < -0.4 is 5.32 Å². The van der Waals surface area contributed by atoms with E-state index in [-0.39, 0.29) is 18.2 Å². The fraction of sp³-hybridized carbons (Fsp3) is 0.263. The summed E-state index contributed by atoms with van der Waals surface area (Å²) in [5, 5.41) is 11.6. The first-order valence-corrected chi connectivity index (χ1v) is 9.93. The number of anilines is 1. The number of sulfonamides is 1. The molecule has 26 heavy (non-hydrogen) atoms. The number of benzene rings is 2. The van der Waals surface area contributed by atoms with Crippen LogP contribution in [0.1, 0.15) is 23.6 Å². The first kappa shape index (κ1) is 18.1. The van der Waals surface area contributed by atoms with Crippen LogP contribution in [-0.2, 0) is 27.8 Å². The van der Waals surface area contributed by atoms with Crippen molar-refractivity contribution < 1.29 is 13.2 Å². The van der Waals surface area contributed by atoms with E-state index in [1.165, 1.54) is 4.31 Å². The summed E-state index contributed by atoms with van der Waals surface area (Å²) in [5.74, 6) is -0.434. The second-order valence-corrected chi connectivity index (χ2v) is 8.32. The van der Waals surface area contributed by atoms with Gasteiger partial charge in [0.25, 0.3) is 0 Å². The highest BCUT2D eigenvalue weighted by Crippen LogP contribution is 2.27. The quantitative estimate of drug-likeness (QED) is 0.895. The van der Waals surface area contributed by atoms with Gasteiger partial charge >= 0.3 is 0 Å². The van der Waals surface area contributed by atoms with E-state index in [1.807, 2.05) is 30.3 Å². The summed E-state index contributed by atoms with van der Waals surface area (Å²) in [6, 6.07) is 15.3. The van der Waals surface area contributed by atoms with Gasteiger partial charge in [-0.2, -0.15) is 9.57 Å². The Morgan fingerprint density at radius 1 is 1.19 bits per heavy atom. The molecule has 3 rings (SSSR count). The largest absolute Gasteiger partial charge is 0.325 e. The maximum atomic E-state index is 12.8. The number of hydrogen-bond donors (Lipinski definition) is 1. The van der Waals surface area contributed by atoms with E-state index in [9.17, 15) is 13.2 Å². The van der Waals surface area contributed by atoms with Crippen molar-refractivity contribution in [3.8, 4) is 6.07 Å². The maximum absolute atomic E-state index is 12.8. The van der Waals surface area contributed by atoms with Gasteiger partial charge < -0.3 is 5.32 Å². The Hall–Kier alpha value is -2.69. The Kier molecular flexibility index (Phi) is 5.07. The number of nitriles is 1. The highest BCUT2D eigenvalue weighted by atomic mass is 32.2. The van der Waals surface area contributed by atoms with E-state index >= 15 is 0 Å². The molecule has 1 heterocycles. The third kappa shape index (κ3) is 3.62. The Bertz CT molecular complexity index is 962. The lowest BCUT2D eigenvalue weighted by Gasteiger charge is -2.34. The molecule has 0 bridgehead atoms. The van der Waals surface area contributed by atoms with Crippen LogP contribution in [0.5, 0.6) is 0 Å². The second-order valence-electron chi connectivity index (χ2n) is 6.11. The van der Waals surface area contributed by atoms with Crippen molar-refractivity contribution in [2.75, 3.05) is 11.1 Å². The van der Waals surface area contributed by atoms with Crippen LogP contribution in [0.3, 0.4) is 0 Å². The molecule has 6 nitrogen and oxygen atoms in total. The molecule has 1 aliphatic heterocycles. The van der Waals surface area contributed by atoms with Crippen LogP contribution in [0.2, 0.25) is 0 Å². The zero-order valence-corrected chi connectivity index (χ0v) is 15.2. The molecule has 0 spiro atoms. The lowest BCUT2D eigenvalue weighted by atomic mass is 9.95. The summed E-state index contributed by atoms with van der Waals surface area (Å²) >= 11 is 0. The van der Waals surface area contributed by atoms with Gasteiger partial charge in [-0.15, -0.1) is 0 Å². The van der Waals surface area contributed by atoms with E-state index in [1.54, 1.807) is 31.2 Å². The van der Waals surface area contributed by atoms with Gasteiger partial charge in [-0.25, -0.2) is 8.42 Å². The third-order valence-corrected chi connectivity index (χ3v) is 6.34. The first-order valence-electron chi connectivity index (χ1n) is 8.32. The normalized spacial score (nSPS) is 17.2. The predicted octanol–water partition coefficient (Wildman–Crippen LogP) is 2.27. The molecule has 0 saturated carbocycles. The Morgan fingerprint density at radius 2 is 1.85 bits per heavy atom. The first-order chi connectivity index (χ1) is 12.4. The molecule has 7 heteroatoms. The number of nitrogens with one attached hydrogen (secondary N) is 1. The van der Waals surface area contributed by atoms with Crippen LogP contribution in [0.4, 0.5) is 5.69 Å². The molecule has 0 fully saturated rings. The molecule has 0 aromatic heterocycles. The van der Waals surface area contributed by atoms with Gasteiger partial charge in [0, 0.05) is 12.2 Å². The van der Waals surface area contributed by atoms with Crippen molar-refractivity contribution >= 4 is 21.6 Å². The van der Waals surface area contributed by atoms with E-state index in [4.69, 9.17) is 5.26 Å². The summed E-state index contributed by atoms with van der Waals surface area (Å²) < 4.78 is 26.3. The smallest absolute Gasteiger partial charge is 0.243 e. The van der Waals surface area contributed by atoms with Crippen molar-refractivity contribution in [1.29, 1.82) is 5.26 Å². The minimum atomic E-state index is -3.53. The summed E-state index contributed by atoms with van der Waals surface area (Å²) in [7, 11) is -3.53. The SMILES string of the molecule is CCS(=O)(=O)N1Cc2ccccc2C[C@H]1C(=O)Nc1ccc(C#N)cc1. The summed E-state index contributed by atoms with van der Waals surface area (Å²) in [5.41, 5.74) is 2.92. The standard InChI is InChI=1S/C19H19N3O3S/c1-2-26(24,25)22-13-16-6-4-3-5-15(16)11-18(22)19(23)21-17-9-7-14(12-20)8-10-17/h3-10,18H,2,11,13H2,1H3,(H,21,23)/t18-/m0/s1. The molecule has 1 aliphatic rings. The summed E-state index contributed by atoms with van der Waals surface area (Å²) in [4.78, 5) is 12.8. The Labute approximate surface area is 153 Å². The second kappa shape index (κ2) is 7.28. The predicted molar refractivity (Wildman–Crippen MR) is 98.7 cm³/mol. The summed E-state index contributed by atoms with van der Waals surface area (Å²) in [6.45, 7) is 1.77. The van der Waals surface area contributed by atoms with Gasteiger partial charge in [-0.05, 0) is 48.7 Å². The van der Waals surface area contributed by atoms with Gasteiger partial charge in [-0.1, -0.05) is 24.3 Å². The van der Waals surface area contributed by atoms with Gasteiger partial charge in [0.2, 0.25) is 15.9 Å². The monoisotopic (exact) mass is 369 g/mol. The van der Waals surface area contributed by atoms with Crippen LogP contribution in [0.15, 0.2) is 48.5 Å². The highest BCUT2D eigenvalue weighted by molar-refractivity contribution is 7.89. The lowest BCUT2D eigenvalue weighted by molar-refractivity contribution is -0.120. The number of nitrogens with zero attached hydrogens (tertiary/aromatic N) is 2. The Balaban J connectivity index is 1.89. The summed E-state index contributed by atoms with van der Waals surface area (Å²) in [6.07, 6.45) is 0.331. The van der Waals surface area contributed by atoms with E-state index in [0.717, 1.165) is 11.1 Å². The molecule has 0 unspecified atom stereocenters. The van der Waals surface area contributed by atoms with Crippen LogP contribution in [0.25, 0.3) is 0 Å². The van der Waals surface area contributed by atoms with Crippen molar-refractivity contribution in [2.24, 2.45) is 0 Å². The molecular weight excluding hydrogens is 350 g/mol. The van der Waals surface area contributed by atoms with Crippen molar-refractivity contribution in [2.45, 2.75) is 25.9 Å². The molecular formula is C19H19N3O3S. The number of amides is 1. The molecule has 1 N–H and O–H groups in total. The molecule has 2 aromatic rings. The van der Waals surface area contributed by atoms with Crippen molar-refractivity contribution in [3.63, 3.8) is 0 Å². The number of carbonyl (C=O) groups is 1. The van der Waals surface area contributed by atoms with Crippen molar-refractivity contribution in [1.82, 2.24) is 4.31 Å². The zero-order chi connectivity index (χ0) is 18.7. The highest BCUT2D eigenvalue weighted by Gasteiger charge is 2.37.